The molecule has 0 bridgehead atoms. The van der Waals surface area contributed by atoms with Crippen LogP contribution in [-0.4, -0.2) is 71.9 Å². The van der Waals surface area contributed by atoms with E-state index in [0.717, 1.165) is 36.7 Å². The number of nitrogens with one attached hydrogen (secondary N) is 1. The number of rotatable bonds is 6. The average Bonchev–Trinajstić information content (AvgIpc) is 3.22. The third kappa shape index (κ3) is 6.56. The number of anilines is 1. The summed E-state index contributed by atoms with van der Waals surface area (Å²) in [4.78, 5) is 40.1. The number of hydrogen-bond donors (Lipinski definition) is 3. The number of aromatic carboxylic acids is 1. The Bertz CT molecular complexity index is 1210. The predicted octanol–water partition coefficient (Wildman–Crippen LogP) is 4.49. The lowest BCUT2D eigenvalue weighted by Gasteiger charge is -2.40. The van der Waals surface area contributed by atoms with Gasteiger partial charge < -0.3 is 25.0 Å². The number of aromatic nitrogens is 1. The smallest absolute Gasteiger partial charge is 0.477 e. The molecule has 0 radical (unpaired) electrons. The highest BCUT2D eigenvalue weighted by Gasteiger charge is 2.47. The Morgan fingerprint density at radius 2 is 1.79 bits per heavy atom. The summed E-state index contributed by atoms with van der Waals surface area (Å²) in [6, 6.07) is 9.86. The number of pyridine rings is 1. The van der Waals surface area contributed by atoms with Gasteiger partial charge in [-0.15, -0.1) is 0 Å². The van der Waals surface area contributed by atoms with Gasteiger partial charge >= 0.3 is 18.1 Å². The van der Waals surface area contributed by atoms with E-state index >= 15 is 0 Å². The second kappa shape index (κ2) is 11.6. The summed E-state index contributed by atoms with van der Waals surface area (Å²) in [5.41, 5.74) is 3.30. The van der Waals surface area contributed by atoms with Gasteiger partial charge in [0.25, 0.3) is 5.56 Å². The van der Waals surface area contributed by atoms with Crippen LogP contribution in [0, 0.1) is 11.3 Å². The van der Waals surface area contributed by atoms with Crippen molar-refractivity contribution in [2.45, 2.75) is 45.2 Å². The van der Waals surface area contributed by atoms with E-state index in [1.54, 1.807) is 0 Å². The van der Waals surface area contributed by atoms with Crippen LogP contribution in [0.25, 0.3) is 11.3 Å². The number of aryl methyl sites for hydroxylation is 1. The van der Waals surface area contributed by atoms with E-state index < -0.39 is 23.7 Å². The van der Waals surface area contributed by atoms with E-state index in [4.69, 9.17) is 9.90 Å². The summed E-state index contributed by atoms with van der Waals surface area (Å²) < 4.78 is 31.7. The maximum atomic E-state index is 12.2. The summed E-state index contributed by atoms with van der Waals surface area (Å²) in [6.45, 7) is 5.31. The van der Waals surface area contributed by atoms with Crippen LogP contribution in [0.2, 0.25) is 0 Å². The average molecular weight is 538 g/mol. The fraction of sp³-hybridized carbons (Fsp3) is 0.519. The molecule has 1 aromatic carbocycles. The highest BCUT2D eigenvalue weighted by molar-refractivity contribution is 5.88. The summed E-state index contributed by atoms with van der Waals surface area (Å²) in [6.07, 6.45) is 0.860. The number of halogens is 3. The van der Waals surface area contributed by atoms with Crippen molar-refractivity contribution >= 4 is 17.6 Å². The van der Waals surface area contributed by atoms with Gasteiger partial charge in [-0.2, -0.15) is 13.2 Å². The number of nitrogens with zero attached hydrogens (tertiary/aromatic N) is 2. The Morgan fingerprint density at radius 1 is 1.16 bits per heavy atom. The monoisotopic (exact) mass is 537 g/mol. The van der Waals surface area contributed by atoms with Crippen molar-refractivity contribution in [3.63, 3.8) is 0 Å². The van der Waals surface area contributed by atoms with Gasteiger partial charge in [-0.3, -0.25) is 4.79 Å². The second-order valence-electron chi connectivity index (χ2n) is 10.3. The molecule has 1 aliphatic heterocycles. The predicted molar refractivity (Wildman–Crippen MR) is 138 cm³/mol. The molecular weight excluding hydrogens is 503 g/mol. The number of carboxylic acid groups (broad SMARTS) is 2. The lowest BCUT2D eigenvalue weighted by atomic mass is 9.68. The summed E-state index contributed by atoms with van der Waals surface area (Å²) in [7, 11) is 4.36. The number of alkyl halides is 3. The molecule has 1 aromatic heterocycles. The molecule has 3 N–H and O–H groups in total. The van der Waals surface area contributed by atoms with Crippen LogP contribution < -0.4 is 10.5 Å². The molecule has 1 aliphatic carbocycles. The summed E-state index contributed by atoms with van der Waals surface area (Å²) >= 11 is 0. The maximum Gasteiger partial charge on any atom is 0.490 e. The van der Waals surface area contributed by atoms with Crippen molar-refractivity contribution in [2.75, 3.05) is 38.6 Å². The second-order valence-corrected chi connectivity index (χ2v) is 10.3. The van der Waals surface area contributed by atoms with Gasteiger partial charge in [-0.05, 0) is 68.6 Å². The molecule has 0 spiro atoms. The lowest BCUT2D eigenvalue weighted by molar-refractivity contribution is -0.192. The SMILES string of the molecule is CCc1cc(C(=O)O)c(=O)[nH]c1-c1ccc(N2C[C@H]3CCCC[C@@]3(CN(C)C)C2)cc1.O=C(O)C(F)(F)F. The van der Waals surface area contributed by atoms with Gasteiger partial charge in [-0.25, -0.2) is 9.59 Å². The highest BCUT2D eigenvalue weighted by Crippen LogP contribution is 2.48. The maximum absolute atomic E-state index is 12.2. The Labute approximate surface area is 219 Å². The van der Waals surface area contributed by atoms with E-state index in [1.165, 1.54) is 37.4 Å². The summed E-state index contributed by atoms with van der Waals surface area (Å²) in [5.74, 6) is -3.21. The molecule has 38 heavy (non-hydrogen) atoms. The molecule has 1 saturated heterocycles. The van der Waals surface area contributed by atoms with Gasteiger partial charge in [0, 0.05) is 30.7 Å². The molecule has 0 amide bonds. The van der Waals surface area contributed by atoms with Crippen LogP contribution in [0.1, 0.15) is 48.5 Å². The number of carbonyl (C=O) groups is 2. The van der Waals surface area contributed by atoms with Gasteiger partial charge in [-0.1, -0.05) is 31.9 Å². The number of aliphatic carboxylic acids is 1. The Morgan fingerprint density at radius 3 is 2.32 bits per heavy atom. The van der Waals surface area contributed by atoms with Crippen molar-refractivity contribution < 1.29 is 33.0 Å². The van der Waals surface area contributed by atoms with Crippen LogP contribution in [0.15, 0.2) is 35.1 Å². The topological polar surface area (TPSA) is 114 Å². The zero-order valence-corrected chi connectivity index (χ0v) is 21.8. The molecular formula is C27H34F3N3O5. The number of aromatic amines is 1. The molecule has 208 valence electrons. The number of H-pyrrole nitrogens is 1. The Hall–Kier alpha value is -3.34. The third-order valence-corrected chi connectivity index (χ3v) is 7.42. The van der Waals surface area contributed by atoms with Crippen molar-refractivity contribution in [1.82, 2.24) is 9.88 Å². The van der Waals surface area contributed by atoms with Crippen LogP contribution >= 0.6 is 0 Å². The molecule has 2 fully saturated rings. The zero-order chi connectivity index (χ0) is 28.3. The van der Waals surface area contributed by atoms with E-state index in [-0.39, 0.29) is 5.56 Å². The molecule has 2 aromatic rings. The minimum Gasteiger partial charge on any atom is -0.477 e. The molecule has 1 saturated carbocycles. The minimum absolute atomic E-state index is 0.205. The molecule has 2 heterocycles. The molecule has 11 heteroatoms. The van der Waals surface area contributed by atoms with Gasteiger partial charge in [0.2, 0.25) is 0 Å². The zero-order valence-electron chi connectivity index (χ0n) is 21.8. The van der Waals surface area contributed by atoms with Crippen molar-refractivity contribution in [3.8, 4) is 11.3 Å². The molecule has 2 atom stereocenters. The summed E-state index contributed by atoms with van der Waals surface area (Å²) in [5, 5.41) is 16.4. The van der Waals surface area contributed by atoms with Crippen molar-refractivity contribution in [3.05, 3.63) is 51.8 Å². The third-order valence-electron chi connectivity index (χ3n) is 7.42. The highest BCUT2D eigenvalue weighted by atomic mass is 19.4. The quantitative estimate of drug-likeness (QED) is 0.497. The van der Waals surface area contributed by atoms with E-state index in [1.807, 2.05) is 19.1 Å². The fourth-order valence-corrected chi connectivity index (χ4v) is 5.77. The van der Waals surface area contributed by atoms with Gasteiger partial charge in [0.15, 0.2) is 0 Å². The van der Waals surface area contributed by atoms with Gasteiger partial charge in [0.05, 0.1) is 5.69 Å². The molecule has 8 nitrogen and oxygen atoms in total. The lowest BCUT2D eigenvalue weighted by Crippen LogP contribution is -2.42. The van der Waals surface area contributed by atoms with Crippen LogP contribution in [0.4, 0.5) is 18.9 Å². The Balaban J connectivity index is 0.000000505. The number of fused-ring (bicyclic) bond motifs is 1. The van der Waals surface area contributed by atoms with E-state index in [2.05, 4.69) is 41.0 Å². The first-order valence-electron chi connectivity index (χ1n) is 12.6. The minimum atomic E-state index is -5.08. The number of benzene rings is 1. The van der Waals surface area contributed by atoms with E-state index in [0.29, 0.717) is 17.5 Å². The van der Waals surface area contributed by atoms with Crippen LogP contribution in [0.5, 0.6) is 0 Å². The number of carboxylic acids is 2. The van der Waals surface area contributed by atoms with Crippen LogP contribution in [0.3, 0.4) is 0 Å². The molecule has 0 unspecified atom stereocenters. The Kier molecular flexibility index (Phi) is 8.91. The van der Waals surface area contributed by atoms with Crippen molar-refractivity contribution in [1.29, 1.82) is 0 Å². The van der Waals surface area contributed by atoms with Crippen LogP contribution in [-0.2, 0) is 11.2 Å². The first kappa shape index (κ1) is 29.2. The molecule has 2 aliphatic rings. The van der Waals surface area contributed by atoms with Gasteiger partial charge in [0.1, 0.15) is 5.56 Å². The largest absolute Gasteiger partial charge is 0.490 e. The van der Waals surface area contributed by atoms with E-state index in [9.17, 15) is 27.9 Å². The molecule has 4 rings (SSSR count). The first-order valence-corrected chi connectivity index (χ1v) is 12.6. The normalized spacial score (nSPS) is 21.0. The fourth-order valence-electron chi connectivity index (χ4n) is 5.77. The first-order chi connectivity index (χ1) is 17.8. The standard InChI is InChI=1S/C25H33N3O3.C2HF3O2/c1-4-17-13-21(24(30)31)23(29)26-22(17)18-8-10-20(11-9-18)28-14-19-7-5-6-12-25(19,16-28)15-27(2)3;3-2(4,5)1(6)7/h8-11,13,19H,4-7,12,14-16H2,1-3H3,(H,26,29)(H,30,31);(H,6,7)/t19-,25-;/m1./s1. The van der Waals surface area contributed by atoms with Crippen molar-refractivity contribution in [2.24, 2.45) is 11.3 Å². The number of hydrogen-bond acceptors (Lipinski definition) is 5.